The topological polar surface area (TPSA) is 56.9 Å². The van der Waals surface area contributed by atoms with Crippen molar-refractivity contribution in [2.45, 2.75) is 37.1 Å². The van der Waals surface area contributed by atoms with Crippen LogP contribution in [0, 0.1) is 5.92 Å². The molecule has 5 rings (SSSR count). The summed E-state index contributed by atoms with van der Waals surface area (Å²) in [5.74, 6) is 0.493. The van der Waals surface area contributed by atoms with Gasteiger partial charge in [0.15, 0.2) is 0 Å². The Labute approximate surface area is 176 Å². The Morgan fingerprint density at radius 2 is 1.97 bits per heavy atom. The second-order valence-corrected chi connectivity index (χ2v) is 9.25. The van der Waals surface area contributed by atoms with Crippen molar-refractivity contribution < 1.29 is 0 Å². The Hall–Kier alpha value is -2.38. The molecular weight excluding hydrogens is 402 g/mol. The van der Waals surface area contributed by atoms with Crippen molar-refractivity contribution in [1.29, 1.82) is 0 Å². The average Bonchev–Trinajstić information content (AvgIpc) is 3.41. The first kappa shape index (κ1) is 18.6. The normalized spacial score (nSPS) is 14.9. The summed E-state index contributed by atoms with van der Waals surface area (Å²) in [6.45, 7) is 0.669. The van der Waals surface area contributed by atoms with Crippen molar-refractivity contribution in [1.82, 2.24) is 14.1 Å². The van der Waals surface area contributed by atoms with Crippen LogP contribution in [0.15, 0.2) is 56.5 Å². The number of aromatic nitrogens is 3. The molecule has 0 atom stereocenters. The first-order valence-corrected chi connectivity index (χ1v) is 11.9. The molecule has 0 amide bonds. The van der Waals surface area contributed by atoms with E-state index in [-0.39, 0.29) is 11.2 Å². The van der Waals surface area contributed by atoms with E-state index in [0.29, 0.717) is 23.5 Å². The smallest absolute Gasteiger partial charge is 0.284 e. The van der Waals surface area contributed by atoms with Gasteiger partial charge >= 0.3 is 5.69 Å². The van der Waals surface area contributed by atoms with Gasteiger partial charge in [-0.25, -0.2) is 9.36 Å². The molecule has 0 unspecified atom stereocenters. The standard InChI is InChI=1S/C22H21N3O2S2/c1-28-18-13-29-21-19(18)20(26)25(22(27)24(21)12-14-6-2-3-7-14)17-11-23-10-15-8-4-5-9-16(15)17/h4-5,8-11,13-14H,2-3,6-7,12H2,1H3. The van der Waals surface area contributed by atoms with E-state index >= 15 is 0 Å². The Morgan fingerprint density at radius 3 is 2.76 bits per heavy atom. The van der Waals surface area contributed by atoms with Gasteiger partial charge in [-0.1, -0.05) is 37.1 Å². The molecule has 7 heteroatoms. The molecule has 0 spiro atoms. The largest absolute Gasteiger partial charge is 0.336 e. The molecule has 0 saturated heterocycles. The van der Waals surface area contributed by atoms with Crippen molar-refractivity contribution >= 4 is 44.1 Å². The van der Waals surface area contributed by atoms with Gasteiger partial charge in [0.05, 0.1) is 17.3 Å². The molecule has 1 aliphatic carbocycles. The van der Waals surface area contributed by atoms with E-state index in [4.69, 9.17) is 0 Å². The first-order chi connectivity index (χ1) is 14.2. The molecule has 4 aromatic rings. The Balaban J connectivity index is 1.85. The van der Waals surface area contributed by atoms with E-state index in [0.717, 1.165) is 33.3 Å². The van der Waals surface area contributed by atoms with Crippen molar-refractivity contribution in [3.05, 3.63) is 62.9 Å². The highest BCUT2D eigenvalue weighted by Gasteiger charge is 2.23. The van der Waals surface area contributed by atoms with Gasteiger partial charge in [0, 0.05) is 33.8 Å². The van der Waals surface area contributed by atoms with Crippen molar-refractivity contribution in [2.24, 2.45) is 5.92 Å². The second kappa shape index (κ2) is 7.46. The zero-order valence-corrected chi connectivity index (χ0v) is 17.8. The van der Waals surface area contributed by atoms with Gasteiger partial charge in [0.25, 0.3) is 5.56 Å². The van der Waals surface area contributed by atoms with Gasteiger partial charge in [0.1, 0.15) is 4.83 Å². The fourth-order valence-electron chi connectivity index (χ4n) is 4.39. The molecule has 0 radical (unpaired) electrons. The highest BCUT2D eigenvalue weighted by molar-refractivity contribution is 7.99. The number of pyridine rings is 1. The molecule has 1 aliphatic rings. The monoisotopic (exact) mass is 423 g/mol. The summed E-state index contributed by atoms with van der Waals surface area (Å²) in [4.78, 5) is 33.2. The number of thiophene rings is 1. The Kier molecular flexibility index (Phi) is 4.80. The SMILES string of the molecule is CSc1csc2c1c(=O)n(-c1cncc3ccccc13)c(=O)n2CC1CCCC1. The lowest BCUT2D eigenvalue weighted by Gasteiger charge is -2.16. The van der Waals surface area contributed by atoms with E-state index in [2.05, 4.69) is 4.98 Å². The summed E-state index contributed by atoms with van der Waals surface area (Å²) in [5, 5.41) is 4.41. The van der Waals surface area contributed by atoms with E-state index < -0.39 is 0 Å². The van der Waals surface area contributed by atoms with Crippen molar-refractivity contribution in [3.63, 3.8) is 0 Å². The lowest BCUT2D eigenvalue weighted by atomic mass is 10.1. The number of benzene rings is 1. The number of thioether (sulfide) groups is 1. The first-order valence-electron chi connectivity index (χ1n) is 9.83. The van der Waals surface area contributed by atoms with Crippen molar-refractivity contribution in [3.8, 4) is 5.69 Å². The van der Waals surface area contributed by atoms with Crippen LogP contribution in [0.2, 0.25) is 0 Å². The minimum absolute atomic E-state index is 0.253. The molecule has 29 heavy (non-hydrogen) atoms. The molecule has 3 aromatic heterocycles. The number of fused-ring (bicyclic) bond motifs is 2. The quantitative estimate of drug-likeness (QED) is 0.448. The predicted octanol–water partition coefficient (Wildman–Crippen LogP) is 4.67. The third-order valence-electron chi connectivity index (χ3n) is 5.85. The summed E-state index contributed by atoms with van der Waals surface area (Å²) < 4.78 is 3.16. The van der Waals surface area contributed by atoms with Crippen LogP contribution in [0.1, 0.15) is 25.7 Å². The lowest BCUT2D eigenvalue weighted by Crippen LogP contribution is -2.39. The maximum atomic E-state index is 13.6. The fourth-order valence-corrected chi connectivity index (χ4v) is 6.30. The van der Waals surface area contributed by atoms with E-state index in [9.17, 15) is 9.59 Å². The summed E-state index contributed by atoms with van der Waals surface area (Å²) in [6.07, 6.45) is 10.1. The summed E-state index contributed by atoms with van der Waals surface area (Å²) in [5.41, 5.74) is 0.0388. The van der Waals surface area contributed by atoms with E-state index in [1.54, 1.807) is 24.2 Å². The molecule has 5 nitrogen and oxygen atoms in total. The molecule has 148 valence electrons. The molecule has 0 N–H and O–H groups in total. The van der Waals surface area contributed by atoms with Crippen LogP contribution in [0.5, 0.6) is 0 Å². The minimum Gasteiger partial charge on any atom is -0.284 e. The Bertz CT molecular complexity index is 1320. The van der Waals surface area contributed by atoms with Crippen LogP contribution in [-0.2, 0) is 6.54 Å². The summed E-state index contributed by atoms with van der Waals surface area (Å²) in [6, 6.07) is 7.74. The van der Waals surface area contributed by atoms with Gasteiger partial charge in [-0.15, -0.1) is 23.1 Å². The molecule has 0 aliphatic heterocycles. The summed E-state index contributed by atoms with van der Waals surface area (Å²) >= 11 is 3.05. The van der Waals surface area contributed by atoms with Gasteiger partial charge in [-0.3, -0.25) is 14.3 Å². The second-order valence-electron chi connectivity index (χ2n) is 7.55. The third-order valence-corrected chi connectivity index (χ3v) is 7.76. The van der Waals surface area contributed by atoms with Gasteiger partial charge < -0.3 is 0 Å². The lowest BCUT2D eigenvalue weighted by molar-refractivity contribution is 0.450. The number of hydrogen-bond donors (Lipinski definition) is 0. The van der Waals surface area contributed by atoms with Crippen LogP contribution in [-0.4, -0.2) is 20.4 Å². The zero-order chi connectivity index (χ0) is 20.0. The third kappa shape index (κ3) is 3.04. The minimum atomic E-state index is -0.262. The van der Waals surface area contributed by atoms with Crippen LogP contribution in [0.25, 0.3) is 26.7 Å². The fraction of sp³-hybridized carbons (Fsp3) is 0.318. The molecule has 1 saturated carbocycles. The van der Waals surface area contributed by atoms with Crippen LogP contribution >= 0.6 is 23.1 Å². The molecule has 3 heterocycles. The zero-order valence-electron chi connectivity index (χ0n) is 16.1. The average molecular weight is 424 g/mol. The van der Waals surface area contributed by atoms with E-state index in [1.165, 1.54) is 28.7 Å². The number of hydrogen-bond acceptors (Lipinski definition) is 5. The predicted molar refractivity (Wildman–Crippen MR) is 121 cm³/mol. The van der Waals surface area contributed by atoms with Crippen molar-refractivity contribution in [2.75, 3.05) is 6.26 Å². The summed E-state index contributed by atoms with van der Waals surface area (Å²) in [7, 11) is 0. The molecule has 1 fully saturated rings. The van der Waals surface area contributed by atoms with Gasteiger partial charge in [-0.2, -0.15) is 0 Å². The molecule has 1 aromatic carbocycles. The van der Waals surface area contributed by atoms with Gasteiger partial charge in [-0.05, 0) is 25.0 Å². The van der Waals surface area contributed by atoms with E-state index in [1.807, 2.05) is 40.5 Å². The maximum absolute atomic E-state index is 13.6. The van der Waals surface area contributed by atoms with Crippen LogP contribution in [0.3, 0.4) is 0 Å². The number of nitrogens with zero attached hydrogens (tertiary/aromatic N) is 3. The maximum Gasteiger partial charge on any atom is 0.336 e. The van der Waals surface area contributed by atoms with Crippen LogP contribution < -0.4 is 11.2 Å². The number of rotatable bonds is 4. The molecular formula is C22H21N3O2S2. The highest BCUT2D eigenvalue weighted by Crippen LogP contribution is 2.32. The Morgan fingerprint density at radius 1 is 1.17 bits per heavy atom. The highest BCUT2D eigenvalue weighted by atomic mass is 32.2. The van der Waals surface area contributed by atoms with Gasteiger partial charge in [0.2, 0.25) is 0 Å². The molecule has 0 bridgehead atoms. The van der Waals surface area contributed by atoms with Crippen LogP contribution in [0.4, 0.5) is 0 Å².